The maximum atomic E-state index is 13.2. The van der Waals surface area contributed by atoms with Gasteiger partial charge in [0.2, 0.25) is 0 Å². The van der Waals surface area contributed by atoms with Gasteiger partial charge < -0.3 is 4.74 Å². The van der Waals surface area contributed by atoms with Gasteiger partial charge in [0.05, 0.1) is 6.61 Å². The topological polar surface area (TPSA) is 65.4 Å². The van der Waals surface area contributed by atoms with Crippen LogP contribution in [0.2, 0.25) is 0 Å². The molecule has 0 fully saturated rings. The molecule has 0 spiro atoms. The van der Waals surface area contributed by atoms with Crippen LogP contribution in [0.1, 0.15) is 46.2 Å². The quantitative estimate of drug-likeness (QED) is 0.812. The number of hydrogen-bond donors (Lipinski definition) is 0. The van der Waals surface area contributed by atoms with Gasteiger partial charge >= 0.3 is 5.97 Å². The lowest BCUT2D eigenvalue weighted by Gasteiger charge is -2.21. The van der Waals surface area contributed by atoms with Crippen molar-refractivity contribution in [3.8, 4) is 5.69 Å². The number of Topliss-reactive ketones (excluding diaryl/α,β-unsaturated/α-hetero) is 1. The molecular formula is C18H16FNO4. The Bertz CT molecular complexity index is 868. The number of pyridine rings is 1. The van der Waals surface area contributed by atoms with Crippen LogP contribution in [0.4, 0.5) is 4.39 Å². The molecule has 24 heavy (non-hydrogen) atoms. The van der Waals surface area contributed by atoms with Gasteiger partial charge in [0.15, 0.2) is 5.78 Å². The minimum Gasteiger partial charge on any atom is -0.462 e. The van der Waals surface area contributed by atoms with E-state index in [0.717, 1.165) is 0 Å². The third kappa shape index (κ3) is 2.75. The van der Waals surface area contributed by atoms with Crippen molar-refractivity contribution in [2.45, 2.75) is 26.2 Å². The van der Waals surface area contributed by atoms with E-state index in [1.54, 1.807) is 6.92 Å². The number of ketones is 1. The molecule has 0 radical (unpaired) electrons. The highest BCUT2D eigenvalue weighted by Gasteiger charge is 2.26. The van der Waals surface area contributed by atoms with Crippen molar-refractivity contribution in [2.24, 2.45) is 0 Å². The lowest BCUT2D eigenvalue weighted by molar-refractivity contribution is 0.0524. The van der Waals surface area contributed by atoms with E-state index in [2.05, 4.69) is 0 Å². The van der Waals surface area contributed by atoms with Crippen molar-refractivity contribution >= 4 is 11.8 Å². The summed E-state index contributed by atoms with van der Waals surface area (Å²) in [5.41, 5.74) is 0.575. The van der Waals surface area contributed by atoms with Gasteiger partial charge in [0.1, 0.15) is 11.4 Å². The first-order chi connectivity index (χ1) is 11.5. The van der Waals surface area contributed by atoms with E-state index >= 15 is 0 Å². The van der Waals surface area contributed by atoms with E-state index in [1.165, 1.54) is 34.9 Å². The van der Waals surface area contributed by atoms with Gasteiger partial charge in [-0.1, -0.05) is 0 Å². The lowest BCUT2D eigenvalue weighted by Crippen LogP contribution is -2.32. The van der Waals surface area contributed by atoms with Gasteiger partial charge in [-0.2, -0.15) is 0 Å². The molecule has 3 rings (SSSR count). The van der Waals surface area contributed by atoms with E-state index in [-0.39, 0.29) is 18.0 Å². The van der Waals surface area contributed by atoms with Crippen molar-refractivity contribution in [3.63, 3.8) is 0 Å². The van der Waals surface area contributed by atoms with Crippen molar-refractivity contribution in [3.05, 3.63) is 63.3 Å². The highest BCUT2D eigenvalue weighted by Crippen LogP contribution is 2.24. The predicted octanol–water partition coefficient (Wildman–Crippen LogP) is 2.67. The maximum Gasteiger partial charge on any atom is 0.343 e. The van der Waals surface area contributed by atoms with Gasteiger partial charge in [-0.05, 0) is 50.1 Å². The molecule has 0 saturated heterocycles. The summed E-state index contributed by atoms with van der Waals surface area (Å²) in [6.07, 6.45) is 1.54. The monoisotopic (exact) mass is 329 g/mol. The van der Waals surface area contributed by atoms with Crippen LogP contribution in [0.25, 0.3) is 5.69 Å². The Kier molecular flexibility index (Phi) is 4.29. The second-order valence-electron chi connectivity index (χ2n) is 5.53. The van der Waals surface area contributed by atoms with Crippen LogP contribution in [0.3, 0.4) is 0 Å². The van der Waals surface area contributed by atoms with Crippen molar-refractivity contribution in [2.75, 3.05) is 6.61 Å². The van der Waals surface area contributed by atoms with Crippen LogP contribution in [-0.4, -0.2) is 22.9 Å². The summed E-state index contributed by atoms with van der Waals surface area (Å²) >= 11 is 0. The van der Waals surface area contributed by atoms with Gasteiger partial charge in [-0.15, -0.1) is 0 Å². The van der Waals surface area contributed by atoms with Crippen LogP contribution in [-0.2, 0) is 11.2 Å². The van der Waals surface area contributed by atoms with Crippen LogP contribution in [0, 0.1) is 5.82 Å². The van der Waals surface area contributed by atoms with Gasteiger partial charge in [0, 0.05) is 23.4 Å². The van der Waals surface area contributed by atoms with Gasteiger partial charge in [-0.3, -0.25) is 14.2 Å². The zero-order valence-corrected chi connectivity index (χ0v) is 13.2. The molecule has 0 saturated carbocycles. The summed E-state index contributed by atoms with van der Waals surface area (Å²) in [5, 5.41) is 0. The van der Waals surface area contributed by atoms with Gasteiger partial charge in [0.25, 0.3) is 5.56 Å². The van der Waals surface area contributed by atoms with E-state index in [9.17, 15) is 18.8 Å². The Morgan fingerprint density at radius 2 is 1.92 bits per heavy atom. The van der Waals surface area contributed by atoms with Crippen LogP contribution in [0.5, 0.6) is 0 Å². The number of carbonyl (C=O) groups is 2. The molecule has 0 atom stereocenters. The number of halogens is 1. The molecule has 1 heterocycles. The van der Waals surface area contributed by atoms with Crippen LogP contribution < -0.4 is 5.56 Å². The number of aromatic nitrogens is 1. The molecule has 2 aromatic rings. The third-order valence-corrected chi connectivity index (χ3v) is 4.00. The lowest BCUT2D eigenvalue weighted by atomic mass is 9.93. The normalized spacial score (nSPS) is 13.5. The molecule has 5 nitrogen and oxygen atoms in total. The maximum absolute atomic E-state index is 13.2. The second kappa shape index (κ2) is 6.39. The Morgan fingerprint density at radius 3 is 2.58 bits per heavy atom. The first kappa shape index (κ1) is 16.1. The van der Waals surface area contributed by atoms with Gasteiger partial charge in [-0.25, -0.2) is 9.18 Å². The van der Waals surface area contributed by atoms with Crippen molar-refractivity contribution in [1.29, 1.82) is 0 Å². The summed E-state index contributed by atoms with van der Waals surface area (Å²) in [6.45, 7) is 1.76. The number of benzene rings is 1. The minimum absolute atomic E-state index is 0.113. The molecule has 1 aromatic carbocycles. The summed E-state index contributed by atoms with van der Waals surface area (Å²) in [6, 6.07) is 6.69. The van der Waals surface area contributed by atoms with Crippen LogP contribution in [0.15, 0.2) is 35.1 Å². The molecule has 0 N–H and O–H groups in total. The number of ether oxygens (including phenoxy) is 1. The SMILES string of the molecule is CCOC(=O)c1cc2c(n(-c3ccc(F)cc3)c1=O)CCCC2=O. The molecule has 0 amide bonds. The number of esters is 1. The standard InChI is InChI=1S/C18H16FNO4/c1-2-24-18(23)14-10-13-15(4-3-5-16(13)21)20(17(14)22)12-8-6-11(19)7-9-12/h6-10H,2-5H2,1H3. The number of carbonyl (C=O) groups excluding carboxylic acids is 2. The Balaban J connectivity index is 2.29. The molecule has 1 aliphatic rings. The fraction of sp³-hybridized carbons (Fsp3) is 0.278. The zero-order valence-electron chi connectivity index (χ0n) is 13.2. The third-order valence-electron chi connectivity index (χ3n) is 4.00. The molecule has 0 bridgehead atoms. The predicted molar refractivity (Wildman–Crippen MR) is 85.2 cm³/mol. The summed E-state index contributed by atoms with van der Waals surface area (Å²) < 4.78 is 19.4. The zero-order chi connectivity index (χ0) is 17.3. The molecule has 124 valence electrons. The highest BCUT2D eigenvalue weighted by atomic mass is 19.1. The first-order valence-corrected chi connectivity index (χ1v) is 7.78. The molecule has 0 aliphatic heterocycles. The Labute approximate surface area is 137 Å². The average molecular weight is 329 g/mol. The van der Waals surface area contributed by atoms with E-state index in [4.69, 9.17) is 4.74 Å². The molecule has 1 aromatic heterocycles. The van der Waals surface area contributed by atoms with Crippen LogP contribution >= 0.6 is 0 Å². The first-order valence-electron chi connectivity index (χ1n) is 7.78. The Hall–Kier alpha value is -2.76. The largest absolute Gasteiger partial charge is 0.462 e. The summed E-state index contributed by atoms with van der Waals surface area (Å²) in [7, 11) is 0. The molecular weight excluding hydrogens is 313 g/mol. The van der Waals surface area contributed by atoms with E-state index in [1.807, 2.05) is 0 Å². The molecule has 1 aliphatic carbocycles. The smallest absolute Gasteiger partial charge is 0.343 e. The highest BCUT2D eigenvalue weighted by molar-refractivity contribution is 6.00. The number of hydrogen-bond acceptors (Lipinski definition) is 4. The van der Waals surface area contributed by atoms with E-state index < -0.39 is 17.3 Å². The number of nitrogens with zero attached hydrogens (tertiary/aromatic N) is 1. The Morgan fingerprint density at radius 1 is 1.21 bits per heavy atom. The van der Waals surface area contributed by atoms with E-state index in [0.29, 0.717) is 36.2 Å². The number of rotatable bonds is 3. The van der Waals surface area contributed by atoms with Crippen molar-refractivity contribution < 1.29 is 18.7 Å². The second-order valence-corrected chi connectivity index (χ2v) is 5.53. The number of fused-ring (bicyclic) bond motifs is 1. The molecule has 0 unspecified atom stereocenters. The van der Waals surface area contributed by atoms with Crippen molar-refractivity contribution in [1.82, 2.24) is 4.57 Å². The fourth-order valence-electron chi connectivity index (χ4n) is 2.91. The fourth-order valence-corrected chi connectivity index (χ4v) is 2.91. The minimum atomic E-state index is -0.764. The molecule has 6 heteroatoms. The average Bonchev–Trinajstić information content (AvgIpc) is 2.56. The summed E-state index contributed by atoms with van der Waals surface area (Å²) in [4.78, 5) is 37.1. The summed E-state index contributed by atoms with van der Waals surface area (Å²) in [5.74, 6) is -1.31.